The van der Waals surface area contributed by atoms with Crippen molar-refractivity contribution in [2.45, 2.75) is 17.7 Å². The van der Waals surface area contributed by atoms with Crippen LogP contribution in [0.1, 0.15) is 23.2 Å². The first-order chi connectivity index (χ1) is 16.3. The van der Waals surface area contributed by atoms with Crippen molar-refractivity contribution < 1.29 is 4.79 Å². The van der Waals surface area contributed by atoms with Gasteiger partial charge in [-0.1, -0.05) is 52.7 Å². The van der Waals surface area contributed by atoms with E-state index >= 15 is 0 Å². The highest BCUT2D eigenvalue weighted by molar-refractivity contribution is 7.97. The molecule has 0 unspecified atom stereocenters. The molecule has 0 N–H and O–H groups in total. The van der Waals surface area contributed by atoms with Crippen molar-refractivity contribution in [3.8, 4) is 10.6 Å². The molecule has 2 fully saturated rings. The molecule has 6 nitrogen and oxygen atoms in total. The van der Waals surface area contributed by atoms with Crippen LogP contribution in [0.15, 0.2) is 47.4 Å². The summed E-state index contributed by atoms with van der Waals surface area (Å²) in [5.74, 6) is -0.114. The average molecular weight is 535 g/mol. The summed E-state index contributed by atoms with van der Waals surface area (Å²) in [7, 11) is 3.43. The third kappa shape index (κ3) is 4.79. The van der Waals surface area contributed by atoms with Gasteiger partial charge in [-0.05, 0) is 49.1 Å². The molecule has 0 bridgehead atoms. The van der Waals surface area contributed by atoms with Crippen LogP contribution < -0.4 is 4.90 Å². The molecule has 0 atom stereocenters. The molecule has 0 saturated carbocycles. The molecule has 1 spiro atoms. The van der Waals surface area contributed by atoms with Crippen LogP contribution in [-0.2, 0) is 0 Å². The highest BCUT2D eigenvalue weighted by atomic mass is 35.5. The van der Waals surface area contributed by atoms with E-state index in [4.69, 9.17) is 23.2 Å². The Morgan fingerprint density at radius 3 is 2.47 bits per heavy atom. The topological polar surface area (TPSA) is 52.6 Å². The number of benzene rings is 2. The van der Waals surface area contributed by atoms with E-state index in [1.165, 1.54) is 17.7 Å². The van der Waals surface area contributed by atoms with E-state index in [2.05, 4.69) is 25.5 Å². The SMILES string of the molecule is CN(C)C(=O)c1ccc(-c2nnc(N3CC4(CCN(Sc5ccccc5Cl)CC4)C3)s2)cc1Cl. The molecule has 2 aliphatic heterocycles. The van der Waals surface area contributed by atoms with Crippen LogP contribution in [0.5, 0.6) is 0 Å². The Morgan fingerprint density at radius 1 is 1.06 bits per heavy atom. The predicted octanol–water partition coefficient (Wildman–Crippen LogP) is 5.82. The first-order valence-electron chi connectivity index (χ1n) is 11.1. The van der Waals surface area contributed by atoms with Gasteiger partial charge >= 0.3 is 0 Å². The molecule has 1 amide bonds. The van der Waals surface area contributed by atoms with E-state index in [0.717, 1.165) is 51.8 Å². The van der Waals surface area contributed by atoms with Gasteiger partial charge in [0.2, 0.25) is 5.13 Å². The molecule has 2 aromatic carbocycles. The predicted molar refractivity (Wildman–Crippen MR) is 141 cm³/mol. The monoisotopic (exact) mass is 533 g/mol. The summed E-state index contributed by atoms with van der Waals surface area (Å²) in [5, 5.41) is 11.8. The van der Waals surface area contributed by atoms with Crippen LogP contribution >= 0.6 is 46.5 Å². The molecule has 3 aromatic rings. The fraction of sp³-hybridized carbons (Fsp3) is 0.375. The summed E-state index contributed by atoms with van der Waals surface area (Å²) in [6, 6.07) is 13.5. The average Bonchev–Trinajstić information content (AvgIpc) is 3.29. The van der Waals surface area contributed by atoms with E-state index < -0.39 is 0 Å². The second-order valence-electron chi connectivity index (χ2n) is 9.09. The Balaban J connectivity index is 1.18. The van der Waals surface area contributed by atoms with Gasteiger partial charge in [-0.25, -0.2) is 4.31 Å². The lowest BCUT2D eigenvalue weighted by Gasteiger charge is -2.53. The molecule has 2 saturated heterocycles. The second-order valence-corrected chi connectivity index (χ2v) is 12.0. The smallest absolute Gasteiger partial charge is 0.254 e. The van der Waals surface area contributed by atoms with Gasteiger partial charge in [-0.3, -0.25) is 4.79 Å². The van der Waals surface area contributed by atoms with Gasteiger partial charge in [0, 0.05) is 56.1 Å². The van der Waals surface area contributed by atoms with Crippen LogP contribution in [0.4, 0.5) is 5.13 Å². The van der Waals surface area contributed by atoms with Crippen LogP contribution in [-0.4, -0.2) is 65.6 Å². The van der Waals surface area contributed by atoms with Crippen molar-refractivity contribution in [3.05, 3.63) is 58.1 Å². The van der Waals surface area contributed by atoms with Gasteiger partial charge in [0.1, 0.15) is 5.01 Å². The van der Waals surface area contributed by atoms with E-state index in [-0.39, 0.29) is 5.91 Å². The zero-order chi connectivity index (χ0) is 23.9. The highest BCUT2D eigenvalue weighted by Crippen LogP contribution is 2.46. The van der Waals surface area contributed by atoms with Gasteiger partial charge < -0.3 is 9.80 Å². The lowest BCUT2D eigenvalue weighted by atomic mass is 9.73. The summed E-state index contributed by atoms with van der Waals surface area (Å²) in [4.78, 5) is 17.2. The van der Waals surface area contributed by atoms with Crippen molar-refractivity contribution in [2.75, 3.05) is 45.2 Å². The number of piperidine rings is 1. The Kier molecular flexibility index (Phi) is 6.79. The number of aromatic nitrogens is 2. The summed E-state index contributed by atoms with van der Waals surface area (Å²) in [5.41, 5.74) is 1.73. The highest BCUT2D eigenvalue weighted by Gasteiger charge is 2.46. The van der Waals surface area contributed by atoms with Crippen molar-refractivity contribution >= 4 is 57.5 Å². The molecule has 10 heteroatoms. The van der Waals surface area contributed by atoms with Gasteiger partial charge in [0.25, 0.3) is 5.91 Å². The number of anilines is 1. The molecule has 3 heterocycles. The third-order valence-electron chi connectivity index (χ3n) is 6.44. The van der Waals surface area contributed by atoms with E-state index in [1.807, 2.05) is 24.3 Å². The number of carbonyl (C=O) groups is 1. The second kappa shape index (κ2) is 9.66. The first-order valence-corrected chi connectivity index (χ1v) is 13.5. The van der Waals surface area contributed by atoms with Gasteiger partial charge in [0.15, 0.2) is 0 Å². The van der Waals surface area contributed by atoms with Gasteiger partial charge in [-0.2, -0.15) is 0 Å². The maximum Gasteiger partial charge on any atom is 0.254 e. The van der Waals surface area contributed by atoms with Gasteiger partial charge in [-0.15, -0.1) is 10.2 Å². The normalized spacial score (nSPS) is 17.6. The number of hydrogen-bond acceptors (Lipinski definition) is 7. The summed E-state index contributed by atoms with van der Waals surface area (Å²) in [6.07, 6.45) is 2.34. The standard InChI is InChI=1S/C24H25Cl2N5OS2/c1-29(2)22(32)17-8-7-16(13-19(17)26)21-27-28-23(33-21)30-14-24(15-30)9-11-31(12-10-24)34-20-6-4-3-5-18(20)25/h3-8,13H,9-12,14-15H2,1-2H3. The molecule has 178 valence electrons. The Labute approximate surface area is 218 Å². The van der Waals surface area contributed by atoms with Gasteiger partial charge in [0.05, 0.1) is 15.6 Å². The first kappa shape index (κ1) is 23.9. The molecular weight excluding hydrogens is 509 g/mol. The fourth-order valence-electron chi connectivity index (χ4n) is 4.45. The minimum absolute atomic E-state index is 0.114. The Bertz CT molecular complexity index is 1200. The number of carbonyl (C=O) groups excluding carboxylic acids is 1. The van der Waals surface area contributed by atoms with Crippen LogP contribution in [0.2, 0.25) is 10.0 Å². The summed E-state index contributed by atoms with van der Waals surface area (Å²) < 4.78 is 2.42. The largest absolute Gasteiger partial charge is 0.345 e. The van der Waals surface area contributed by atoms with E-state index in [9.17, 15) is 4.79 Å². The summed E-state index contributed by atoms with van der Waals surface area (Å²) >= 11 is 16.0. The quantitative estimate of drug-likeness (QED) is 0.385. The third-order valence-corrected chi connectivity index (χ3v) is 9.40. The summed E-state index contributed by atoms with van der Waals surface area (Å²) in [6.45, 7) is 4.15. The lowest BCUT2D eigenvalue weighted by molar-refractivity contribution is 0.0828. The number of hydrogen-bond donors (Lipinski definition) is 0. The molecule has 2 aliphatic rings. The van der Waals surface area contributed by atoms with Crippen LogP contribution in [0.25, 0.3) is 10.6 Å². The maximum absolute atomic E-state index is 12.2. The Hall–Kier alpha value is -1.84. The zero-order valence-electron chi connectivity index (χ0n) is 19.0. The molecular formula is C24H25Cl2N5OS2. The zero-order valence-corrected chi connectivity index (χ0v) is 22.1. The number of amides is 1. The molecule has 1 aromatic heterocycles. The molecule has 0 radical (unpaired) electrons. The van der Waals surface area contributed by atoms with Crippen LogP contribution in [0.3, 0.4) is 0 Å². The van der Waals surface area contributed by atoms with Crippen LogP contribution in [0, 0.1) is 5.41 Å². The number of rotatable bonds is 5. The van der Waals surface area contributed by atoms with Crippen molar-refractivity contribution in [3.63, 3.8) is 0 Å². The molecule has 0 aliphatic carbocycles. The minimum Gasteiger partial charge on any atom is -0.345 e. The number of halogens is 2. The van der Waals surface area contributed by atoms with Crippen molar-refractivity contribution in [1.82, 2.24) is 19.4 Å². The van der Waals surface area contributed by atoms with E-state index in [0.29, 0.717) is 16.0 Å². The minimum atomic E-state index is -0.114. The van der Waals surface area contributed by atoms with E-state index in [1.54, 1.807) is 49.5 Å². The maximum atomic E-state index is 12.2. The molecule has 5 rings (SSSR count). The molecule has 34 heavy (non-hydrogen) atoms. The van der Waals surface area contributed by atoms with Crippen molar-refractivity contribution in [2.24, 2.45) is 5.41 Å². The Morgan fingerprint density at radius 2 is 1.79 bits per heavy atom. The van der Waals surface area contributed by atoms with Crippen molar-refractivity contribution in [1.29, 1.82) is 0 Å². The number of nitrogens with zero attached hydrogens (tertiary/aromatic N) is 5. The lowest BCUT2D eigenvalue weighted by Crippen LogP contribution is -2.60. The fourth-order valence-corrected chi connectivity index (χ4v) is 6.72.